The molecule has 0 saturated heterocycles. The average Bonchev–Trinajstić information content (AvgIpc) is 3.00. The van der Waals surface area contributed by atoms with Gasteiger partial charge in [-0.1, -0.05) is 54.6 Å². The molecule has 0 atom stereocenters. The first-order chi connectivity index (χ1) is 12.5. The number of carbonyl (C=O) groups excluding carboxylic acids is 1. The normalized spacial score (nSPS) is 9.58. The summed E-state index contributed by atoms with van der Waals surface area (Å²) in [5.74, 6) is -1.05. The van der Waals surface area contributed by atoms with Gasteiger partial charge in [-0.2, -0.15) is 5.26 Å². The first kappa shape index (κ1) is 18.7. The van der Waals surface area contributed by atoms with Crippen LogP contribution in [0.1, 0.15) is 23.0 Å². The summed E-state index contributed by atoms with van der Waals surface area (Å²) in [6.07, 6.45) is 2.30. The van der Waals surface area contributed by atoms with E-state index in [4.69, 9.17) is 4.79 Å². The standard InChI is InChI=1S/C19H14N2O2.C2H4O/c1-21-12-16(11-20)17(18(21)19(22)23)15-9-7-14(8-10-15)13-5-3-2-4-6-13;1-2-3/h2-10,12H,1H3,(H,22,23);2H,1H3. The predicted octanol–water partition coefficient (Wildman–Crippen LogP) is 4.13. The third kappa shape index (κ3) is 3.87. The second-order valence-electron chi connectivity index (χ2n) is 5.47. The van der Waals surface area contributed by atoms with Crippen molar-refractivity contribution >= 4 is 12.3 Å². The topological polar surface area (TPSA) is 83.1 Å². The lowest BCUT2D eigenvalue weighted by Crippen LogP contribution is -2.05. The lowest BCUT2D eigenvalue weighted by Gasteiger charge is -2.06. The number of nitrogens with zero attached hydrogens (tertiary/aromatic N) is 2. The number of aromatic carboxylic acids is 1. The molecule has 3 rings (SSSR count). The number of aromatic nitrogens is 1. The largest absolute Gasteiger partial charge is 0.477 e. The number of aryl methyl sites for hydroxylation is 1. The van der Waals surface area contributed by atoms with Gasteiger partial charge in [0.2, 0.25) is 0 Å². The average molecular weight is 346 g/mol. The lowest BCUT2D eigenvalue weighted by molar-refractivity contribution is -0.106. The van der Waals surface area contributed by atoms with Gasteiger partial charge in [0.15, 0.2) is 0 Å². The van der Waals surface area contributed by atoms with Gasteiger partial charge >= 0.3 is 5.97 Å². The van der Waals surface area contributed by atoms with Gasteiger partial charge in [0, 0.05) is 18.8 Å². The molecule has 1 heterocycles. The van der Waals surface area contributed by atoms with Gasteiger partial charge in [-0.05, 0) is 23.6 Å². The highest BCUT2D eigenvalue weighted by atomic mass is 16.4. The van der Waals surface area contributed by atoms with E-state index in [-0.39, 0.29) is 5.69 Å². The fraction of sp³-hybridized carbons (Fsp3) is 0.0952. The van der Waals surface area contributed by atoms with Crippen molar-refractivity contribution in [3.63, 3.8) is 0 Å². The van der Waals surface area contributed by atoms with Gasteiger partial charge in [-0.3, -0.25) is 0 Å². The molecule has 1 aromatic heterocycles. The minimum atomic E-state index is -1.05. The molecule has 2 aromatic carbocycles. The molecule has 130 valence electrons. The summed E-state index contributed by atoms with van der Waals surface area (Å²) in [5.41, 5.74) is 3.79. The van der Waals surface area contributed by atoms with Crippen LogP contribution in [0.5, 0.6) is 0 Å². The molecule has 0 amide bonds. The summed E-state index contributed by atoms with van der Waals surface area (Å²) in [4.78, 5) is 20.3. The van der Waals surface area contributed by atoms with Crippen LogP contribution in [-0.4, -0.2) is 21.9 Å². The minimum absolute atomic E-state index is 0.119. The molecule has 0 spiro atoms. The number of nitriles is 1. The van der Waals surface area contributed by atoms with Gasteiger partial charge in [0.1, 0.15) is 18.0 Å². The third-order valence-electron chi connectivity index (χ3n) is 3.79. The predicted molar refractivity (Wildman–Crippen MR) is 99.7 cm³/mol. The number of carbonyl (C=O) groups is 2. The van der Waals surface area contributed by atoms with Crippen LogP contribution in [0, 0.1) is 11.3 Å². The van der Waals surface area contributed by atoms with E-state index in [0.717, 1.165) is 23.0 Å². The Morgan fingerprint density at radius 1 is 1.04 bits per heavy atom. The van der Waals surface area contributed by atoms with Crippen molar-refractivity contribution in [3.05, 3.63) is 72.1 Å². The van der Waals surface area contributed by atoms with Crippen LogP contribution in [0.15, 0.2) is 60.8 Å². The van der Waals surface area contributed by atoms with E-state index in [1.807, 2.05) is 54.6 Å². The van der Waals surface area contributed by atoms with Gasteiger partial charge in [-0.25, -0.2) is 4.79 Å². The Bertz CT molecular complexity index is 949. The van der Waals surface area contributed by atoms with Gasteiger partial charge in [0.05, 0.1) is 5.56 Å². The van der Waals surface area contributed by atoms with E-state index in [1.165, 1.54) is 11.5 Å². The van der Waals surface area contributed by atoms with Crippen LogP contribution in [-0.2, 0) is 11.8 Å². The molecule has 3 aromatic rings. The maximum Gasteiger partial charge on any atom is 0.353 e. The molecule has 5 heteroatoms. The van der Waals surface area contributed by atoms with Crippen LogP contribution >= 0.6 is 0 Å². The molecule has 0 unspecified atom stereocenters. The van der Waals surface area contributed by atoms with Crippen LogP contribution < -0.4 is 0 Å². The van der Waals surface area contributed by atoms with Crippen molar-refractivity contribution in [1.82, 2.24) is 4.57 Å². The number of rotatable bonds is 3. The van der Waals surface area contributed by atoms with E-state index in [1.54, 1.807) is 13.2 Å². The Hall–Kier alpha value is -3.65. The minimum Gasteiger partial charge on any atom is -0.477 e. The van der Waals surface area contributed by atoms with E-state index >= 15 is 0 Å². The highest BCUT2D eigenvalue weighted by Gasteiger charge is 2.21. The summed E-state index contributed by atoms with van der Waals surface area (Å²) in [7, 11) is 1.63. The quantitative estimate of drug-likeness (QED) is 0.723. The fourth-order valence-electron chi connectivity index (χ4n) is 2.72. The summed E-state index contributed by atoms with van der Waals surface area (Å²) < 4.78 is 1.47. The first-order valence-corrected chi connectivity index (χ1v) is 7.91. The summed E-state index contributed by atoms with van der Waals surface area (Å²) in [6.45, 7) is 1.44. The summed E-state index contributed by atoms with van der Waals surface area (Å²) in [5, 5.41) is 18.7. The Balaban J connectivity index is 0.000000758. The van der Waals surface area contributed by atoms with E-state index in [2.05, 4.69) is 6.07 Å². The Morgan fingerprint density at radius 2 is 1.54 bits per heavy atom. The van der Waals surface area contributed by atoms with Crippen LogP contribution in [0.25, 0.3) is 22.3 Å². The van der Waals surface area contributed by atoms with Crippen LogP contribution in [0.4, 0.5) is 0 Å². The molecule has 0 bridgehead atoms. The Morgan fingerprint density at radius 3 is 2.04 bits per heavy atom. The number of hydrogen-bond donors (Lipinski definition) is 1. The molecular formula is C21H18N2O3. The van der Waals surface area contributed by atoms with E-state index < -0.39 is 5.97 Å². The van der Waals surface area contributed by atoms with Crippen molar-refractivity contribution in [1.29, 1.82) is 5.26 Å². The molecule has 26 heavy (non-hydrogen) atoms. The number of benzene rings is 2. The van der Waals surface area contributed by atoms with Gasteiger partial charge < -0.3 is 14.5 Å². The molecule has 5 nitrogen and oxygen atoms in total. The maximum atomic E-state index is 11.5. The third-order valence-corrected chi connectivity index (χ3v) is 3.79. The number of carboxylic acid groups (broad SMARTS) is 1. The second kappa shape index (κ2) is 8.45. The summed E-state index contributed by atoms with van der Waals surface area (Å²) in [6, 6.07) is 19.6. The Kier molecular flexibility index (Phi) is 6.07. The molecule has 0 aliphatic rings. The highest BCUT2D eigenvalue weighted by molar-refractivity contribution is 5.96. The Labute approximate surface area is 151 Å². The highest BCUT2D eigenvalue weighted by Crippen LogP contribution is 2.31. The van der Waals surface area contributed by atoms with Crippen LogP contribution in [0.2, 0.25) is 0 Å². The first-order valence-electron chi connectivity index (χ1n) is 7.91. The lowest BCUT2D eigenvalue weighted by atomic mass is 9.98. The molecular weight excluding hydrogens is 328 g/mol. The molecule has 0 aliphatic carbocycles. The number of carboxylic acids is 1. The van der Waals surface area contributed by atoms with Crippen molar-refractivity contribution in [2.45, 2.75) is 6.92 Å². The van der Waals surface area contributed by atoms with Gasteiger partial charge in [-0.15, -0.1) is 0 Å². The monoisotopic (exact) mass is 346 g/mol. The fourth-order valence-corrected chi connectivity index (χ4v) is 2.72. The maximum absolute atomic E-state index is 11.5. The van der Waals surface area contributed by atoms with Crippen molar-refractivity contribution in [3.8, 4) is 28.3 Å². The number of aldehydes is 1. The second-order valence-corrected chi connectivity index (χ2v) is 5.47. The van der Waals surface area contributed by atoms with Crippen molar-refractivity contribution in [2.24, 2.45) is 7.05 Å². The van der Waals surface area contributed by atoms with E-state index in [9.17, 15) is 15.2 Å². The molecule has 0 aliphatic heterocycles. The van der Waals surface area contributed by atoms with Gasteiger partial charge in [0.25, 0.3) is 0 Å². The smallest absolute Gasteiger partial charge is 0.353 e. The molecule has 0 saturated carbocycles. The van der Waals surface area contributed by atoms with Crippen LogP contribution in [0.3, 0.4) is 0 Å². The zero-order chi connectivity index (χ0) is 19.1. The van der Waals surface area contributed by atoms with E-state index in [0.29, 0.717) is 11.1 Å². The number of hydrogen-bond acceptors (Lipinski definition) is 3. The summed E-state index contributed by atoms with van der Waals surface area (Å²) >= 11 is 0. The molecule has 0 fully saturated rings. The van der Waals surface area contributed by atoms with Crippen molar-refractivity contribution in [2.75, 3.05) is 0 Å². The van der Waals surface area contributed by atoms with Crippen molar-refractivity contribution < 1.29 is 14.7 Å². The zero-order valence-corrected chi connectivity index (χ0v) is 14.5. The molecule has 1 N–H and O–H groups in total. The SMILES string of the molecule is CC=O.Cn1cc(C#N)c(-c2ccc(-c3ccccc3)cc2)c1C(=O)O. The zero-order valence-electron chi connectivity index (χ0n) is 14.5. The molecule has 0 radical (unpaired) electrons.